The Morgan fingerprint density at radius 2 is 2.15 bits per heavy atom. The van der Waals surface area contributed by atoms with Gasteiger partial charge in [0.15, 0.2) is 0 Å². The third-order valence-corrected chi connectivity index (χ3v) is 5.64. The molecule has 1 atom stereocenters. The largest absolute Gasteiger partial charge is 0.344 e. The maximum absolute atomic E-state index is 13.0. The summed E-state index contributed by atoms with van der Waals surface area (Å²) in [5.41, 5.74) is 1.57. The first kappa shape index (κ1) is 21.3. The second-order valence-corrected chi connectivity index (χ2v) is 7.58. The summed E-state index contributed by atoms with van der Waals surface area (Å²) in [6.45, 7) is 3.14. The topological polar surface area (TPSA) is 58.4 Å². The van der Waals surface area contributed by atoms with Gasteiger partial charge in [0.25, 0.3) is 0 Å². The molecule has 1 aromatic rings. The Morgan fingerprint density at radius 1 is 1.41 bits per heavy atom. The van der Waals surface area contributed by atoms with Crippen LogP contribution in [0.2, 0.25) is 5.15 Å². The number of unbranched alkanes of at least 4 members (excludes halogenated alkanes) is 1. The van der Waals surface area contributed by atoms with Crippen LogP contribution < -0.4 is 0 Å². The van der Waals surface area contributed by atoms with E-state index >= 15 is 0 Å². The first-order chi connectivity index (χ1) is 12.8. The summed E-state index contributed by atoms with van der Waals surface area (Å²) in [7, 11) is 3.57. The number of likely N-dealkylation sites (tertiary alicyclic amines) is 1. The van der Waals surface area contributed by atoms with Crippen molar-refractivity contribution in [1.29, 1.82) is 0 Å². The number of piperidine rings is 1. The summed E-state index contributed by atoms with van der Waals surface area (Å²) in [6.07, 6.45) is 10.2. The van der Waals surface area contributed by atoms with Gasteiger partial charge in [0.05, 0.1) is 12.1 Å². The molecule has 0 spiro atoms. The highest BCUT2D eigenvalue weighted by Crippen LogP contribution is 2.23. The number of hydrogen-bond acceptors (Lipinski definition) is 3. The Labute approximate surface area is 166 Å². The molecule has 0 radical (unpaired) electrons. The molecule has 7 heteroatoms. The van der Waals surface area contributed by atoms with E-state index in [4.69, 9.17) is 18.0 Å². The van der Waals surface area contributed by atoms with E-state index in [2.05, 4.69) is 11.0 Å². The van der Waals surface area contributed by atoms with Crippen molar-refractivity contribution in [2.45, 2.75) is 57.9 Å². The number of aryl methyl sites for hydroxylation is 2. The quantitative estimate of drug-likeness (QED) is 0.529. The maximum atomic E-state index is 13.0. The fourth-order valence-electron chi connectivity index (χ4n) is 3.60. The van der Waals surface area contributed by atoms with Crippen LogP contribution >= 0.6 is 11.6 Å². The van der Waals surface area contributed by atoms with Crippen molar-refractivity contribution in [2.75, 3.05) is 20.1 Å². The minimum Gasteiger partial charge on any atom is -0.344 e. The lowest BCUT2D eigenvalue weighted by Crippen LogP contribution is -2.50. The van der Waals surface area contributed by atoms with Gasteiger partial charge < -0.3 is 9.80 Å². The lowest BCUT2D eigenvalue weighted by atomic mass is 10.00. The molecular weight excluding hydrogens is 364 g/mol. The zero-order chi connectivity index (χ0) is 20.0. The molecule has 0 N–H and O–H groups in total. The molecule has 0 aromatic carbocycles. The molecular formula is C20H29ClN4O2. The fraction of sp³-hybridized carbons (Fsp3) is 0.650. The lowest BCUT2D eigenvalue weighted by molar-refractivity contribution is -0.137. The Morgan fingerprint density at radius 3 is 2.78 bits per heavy atom. The van der Waals surface area contributed by atoms with Gasteiger partial charge in [0, 0.05) is 51.6 Å². The summed E-state index contributed by atoms with van der Waals surface area (Å²) in [5.74, 6) is 2.68. The van der Waals surface area contributed by atoms with Crippen molar-refractivity contribution in [2.24, 2.45) is 7.05 Å². The van der Waals surface area contributed by atoms with Crippen LogP contribution in [0, 0.1) is 19.3 Å². The van der Waals surface area contributed by atoms with Gasteiger partial charge in [-0.2, -0.15) is 5.10 Å². The van der Waals surface area contributed by atoms with Gasteiger partial charge in [-0.05, 0) is 32.6 Å². The van der Waals surface area contributed by atoms with Crippen molar-refractivity contribution in [3.05, 3.63) is 16.4 Å². The van der Waals surface area contributed by atoms with Gasteiger partial charge in [0.2, 0.25) is 11.8 Å². The first-order valence-electron chi connectivity index (χ1n) is 9.50. The van der Waals surface area contributed by atoms with Gasteiger partial charge in [-0.25, -0.2) is 0 Å². The van der Waals surface area contributed by atoms with Crippen LogP contribution in [0.5, 0.6) is 0 Å². The number of amides is 2. The normalized spacial score (nSPS) is 16.9. The average molecular weight is 393 g/mol. The number of rotatable bonds is 7. The summed E-state index contributed by atoms with van der Waals surface area (Å²) < 4.78 is 1.59. The Balaban J connectivity index is 2.00. The minimum atomic E-state index is 0.0450. The smallest absolute Gasteiger partial charge is 0.227 e. The molecule has 1 aliphatic rings. The SMILES string of the molecule is C#CCCCC(=O)N(C)C[C@H]1CCCCN1C(=O)Cc1c(C)nn(C)c1Cl. The second kappa shape index (κ2) is 9.80. The van der Waals surface area contributed by atoms with Gasteiger partial charge >= 0.3 is 0 Å². The van der Waals surface area contributed by atoms with Crippen molar-refractivity contribution in [1.82, 2.24) is 19.6 Å². The molecule has 1 aliphatic heterocycles. The number of likely N-dealkylation sites (N-methyl/N-ethyl adjacent to an activating group) is 1. The minimum absolute atomic E-state index is 0.0450. The summed E-state index contributed by atoms with van der Waals surface area (Å²) in [6, 6.07) is 0.0450. The van der Waals surface area contributed by atoms with E-state index < -0.39 is 0 Å². The fourth-order valence-corrected chi connectivity index (χ4v) is 3.84. The summed E-state index contributed by atoms with van der Waals surface area (Å²) >= 11 is 6.28. The molecule has 27 heavy (non-hydrogen) atoms. The Hall–Kier alpha value is -2.00. The monoisotopic (exact) mass is 392 g/mol. The van der Waals surface area contributed by atoms with Crippen LogP contribution in [0.4, 0.5) is 0 Å². The standard InChI is InChI=1S/C20H29ClN4O2/c1-5-6-7-11-18(26)23(3)14-16-10-8-9-12-25(16)19(27)13-17-15(2)22-24(4)20(17)21/h1,16H,6-14H2,2-4H3/t16-/m1/s1. The number of hydrogen-bond donors (Lipinski definition) is 0. The molecule has 0 saturated carbocycles. The number of aromatic nitrogens is 2. The third kappa shape index (κ3) is 5.49. The Kier molecular flexibility index (Phi) is 7.73. The molecule has 1 saturated heterocycles. The number of terminal acetylenes is 1. The van der Waals surface area contributed by atoms with Crippen LogP contribution in [0.25, 0.3) is 0 Å². The molecule has 0 bridgehead atoms. The van der Waals surface area contributed by atoms with Crippen LogP contribution in [0.15, 0.2) is 0 Å². The summed E-state index contributed by atoms with van der Waals surface area (Å²) in [5, 5.41) is 4.79. The van der Waals surface area contributed by atoms with E-state index in [1.807, 2.05) is 11.8 Å². The molecule has 2 amide bonds. The highest BCUT2D eigenvalue weighted by molar-refractivity contribution is 6.30. The van der Waals surface area contributed by atoms with Gasteiger partial charge in [0.1, 0.15) is 5.15 Å². The zero-order valence-electron chi connectivity index (χ0n) is 16.5. The van der Waals surface area contributed by atoms with Crippen molar-refractivity contribution in [3.63, 3.8) is 0 Å². The molecule has 2 heterocycles. The second-order valence-electron chi connectivity index (χ2n) is 7.22. The molecule has 1 fully saturated rings. The zero-order valence-corrected chi connectivity index (χ0v) is 17.3. The molecule has 1 aromatic heterocycles. The molecule has 6 nitrogen and oxygen atoms in total. The number of carbonyl (C=O) groups is 2. The van der Waals surface area contributed by atoms with Crippen LogP contribution in [-0.4, -0.2) is 57.6 Å². The van der Waals surface area contributed by atoms with Gasteiger partial charge in [-0.15, -0.1) is 12.3 Å². The van der Waals surface area contributed by atoms with E-state index in [0.717, 1.165) is 37.1 Å². The number of carbonyl (C=O) groups excluding carboxylic acids is 2. The predicted octanol–water partition coefficient (Wildman–Crippen LogP) is 2.57. The van der Waals surface area contributed by atoms with Gasteiger partial charge in [-0.3, -0.25) is 14.3 Å². The van der Waals surface area contributed by atoms with Crippen molar-refractivity contribution < 1.29 is 9.59 Å². The average Bonchev–Trinajstić information content (AvgIpc) is 2.88. The third-order valence-electron chi connectivity index (χ3n) is 5.17. The first-order valence-corrected chi connectivity index (χ1v) is 9.87. The van der Waals surface area contributed by atoms with Gasteiger partial charge in [-0.1, -0.05) is 11.6 Å². The maximum Gasteiger partial charge on any atom is 0.227 e. The molecule has 2 rings (SSSR count). The number of halogens is 1. The highest BCUT2D eigenvalue weighted by atomic mass is 35.5. The highest BCUT2D eigenvalue weighted by Gasteiger charge is 2.29. The molecule has 148 valence electrons. The van der Waals surface area contributed by atoms with Crippen LogP contribution in [0.1, 0.15) is 49.8 Å². The van der Waals surface area contributed by atoms with Crippen LogP contribution in [0.3, 0.4) is 0 Å². The molecule has 0 unspecified atom stereocenters. The molecule has 0 aliphatic carbocycles. The lowest BCUT2D eigenvalue weighted by Gasteiger charge is -2.38. The van der Waals surface area contributed by atoms with E-state index in [-0.39, 0.29) is 24.3 Å². The van der Waals surface area contributed by atoms with E-state index in [0.29, 0.717) is 31.0 Å². The van der Waals surface area contributed by atoms with E-state index in [1.54, 1.807) is 23.7 Å². The van der Waals surface area contributed by atoms with Crippen molar-refractivity contribution in [3.8, 4) is 12.3 Å². The predicted molar refractivity (Wildman–Crippen MR) is 106 cm³/mol. The number of nitrogens with zero attached hydrogens (tertiary/aromatic N) is 4. The Bertz CT molecular complexity index is 722. The van der Waals surface area contributed by atoms with E-state index in [1.165, 1.54) is 0 Å². The van der Waals surface area contributed by atoms with Crippen molar-refractivity contribution >= 4 is 23.4 Å². The van der Waals surface area contributed by atoms with Crippen LogP contribution in [-0.2, 0) is 23.1 Å². The van der Waals surface area contributed by atoms with E-state index in [9.17, 15) is 9.59 Å². The summed E-state index contributed by atoms with van der Waals surface area (Å²) in [4.78, 5) is 28.9.